The summed E-state index contributed by atoms with van der Waals surface area (Å²) in [6.45, 7) is 0. The molecule has 0 aliphatic carbocycles. The predicted molar refractivity (Wildman–Crippen MR) is 50.4 cm³/mol. The van der Waals surface area contributed by atoms with Crippen molar-refractivity contribution in [1.29, 1.82) is 0 Å². The van der Waals surface area contributed by atoms with E-state index in [0.29, 0.717) is 5.75 Å². The molecule has 2 rings (SSSR count). The van der Waals surface area contributed by atoms with Crippen molar-refractivity contribution in [2.24, 2.45) is 0 Å². The summed E-state index contributed by atoms with van der Waals surface area (Å²) in [5, 5.41) is 0.306. The van der Waals surface area contributed by atoms with Crippen molar-refractivity contribution >= 4 is 10.8 Å². The van der Waals surface area contributed by atoms with E-state index in [0.717, 1.165) is 6.07 Å². The van der Waals surface area contributed by atoms with Crippen LogP contribution in [0.3, 0.4) is 0 Å². The first-order valence-electron chi connectivity index (χ1n) is 4.24. The monoisotopic (exact) mass is 212 g/mol. The molecule has 78 valence electrons. The second-order valence-corrected chi connectivity index (χ2v) is 3.07. The lowest BCUT2D eigenvalue weighted by Crippen LogP contribution is -1.92. The van der Waals surface area contributed by atoms with Crippen molar-refractivity contribution in [2.45, 2.75) is 0 Å². The molecule has 0 amide bonds. The minimum absolute atomic E-state index is 0.0368. The summed E-state index contributed by atoms with van der Waals surface area (Å²) in [5.41, 5.74) is 0. The predicted octanol–water partition coefficient (Wildman–Crippen LogP) is 3.27. The third-order valence-corrected chi connectivity index (χ3v) is 2.18. The van der Waals surface area contributed by atoms with Crippen molar-refractivity contribution in [3.63, 3.8) is 0 Å². The molecule has 0 bridgehead atoms. The number of benzene rings is 2. The van der Waals surface area contributed by atoms with E-state index in [9.17, 15) is 13.2 Å². The van der Waals surface area contributed by atoms with Crippen LogP contribution in [0.25, 0.3) is 10.8 Å². The van der Waals surface area contributed by atoms with E-state index in [1.165, 1.54) is 25.3 Å². The van der Waals surface area contributed by atoms with Crippen LogP contribution in [-0.4, -0.2) is 7.11 Å². The number of methoxy groups -OCH3 is 1. The normalized spacial score (nSPS) is 10.7. The van der Waals surface area contributed by atoms with E-state index >= 15 is 0 Å². The third kappa shape index (κ3) is 1.52. The summed E-state index contributed by atoms with van der Waals surface area (Å²) in [5.74, 6) is -3.36. The van der Waals surface area contributed by atoms with Gasteiger partial charge >= 0.3 is 0 Å². The molecule has 0 saturated heterocycles. The lowest BCUT2D eigenvalue weighted by Gasteiger charge is -2.04. The molecule has 1 nitrogen and oxygen atoms in total. The van der Waals surface area contributed by atoms with Gasteiger partial charge in [0.15, 0.2) is 17.5 Å². The van der Waals surface area contributed by atoms with Crippen molar-refractivity contribution in [1.82, 2.24) is 0 Å². The molecule has 0 aliphatic heterocycles. The van der Waals surface area contributed by atoms with Crippen LogP contribution >= 0.6 is 0 Å². The van der Waals surface area contributed by atoms with Crippen molar-refractivity contribution in [2.75, 3.05) is 7.11 Å². The van der Waals surface area contributed by atoms with Crippen LogP contribution in [0, 0.1) is 17.5 Å². The summed E-state index contributed by atoms with van der Waals surface area (Å²) < 4.78 is 43.9. The number of halogens is 3. The van der Waals surface area contributed by atoms with Crippen LogP contribution in [0.5, 0.6) is 5.75 Å². The molecule has 0 radical (unpaired) electrons. The van der Waals surface area contributed by atoms with Gasteiger partial charge in [-0.25, -0.2) is 13.2 Å². The van der Waals surface area contributed by atoms with Gasteiger partial charge in [-0.1, -0.05) is 0 Å². The Morgan fingerprint density at radius 2 is 1.73 bits per heavy atom. The van der Waals surface area contributed by atoms with Gasteiger partial charge in [0, 0.05) is 5.39 Å². The fourth-order valence-corrected chi connectivity index (χ4v) is 1.41. The largest absolute Gasteiger partial charge is 0.497 e. The molecule has 0 N–H and O–H groups in total. The molecule has 0 unspecified atom stereocenters. The number of rotatable bonds is 1. The van der Waals surface area contributed by atoms with Gasteiger partial charge in [0.25, 0.3) is 0 Å². The highest BCUT2D eigenvalue weighted by Crippen LogP contribution is 2.26. The average Bonchev–Trinajstić information content (AvgIpc) is 2.25. The maximum Gasteiger partial charge on any atom is 0.195 e. The van der Waals surface area contributed by atoms with Gasteiger partial charge in [-0.15, -0.1) is 0 Å². The topological polar surface area (TPSA) is 9.23 Å². The van der Waals surface area contributed by atoms with Gasteiger partial charge in [0.2, 0.25) is 0 Å². The second kappa shape index (κ2) is 3.46. The third-order valence-electron chi connectivity index (χ3n) is 2.18. The molecule has 4 heteroatoms. The Morgan fingerprint density at radius 1 is 1.00 bits per heavy atom. The van der Waals surface area contributed by atoms with Gasteiger partial charge in [0.05, 0.1) is 7.11 Å². The van der Waals surface area contributed by atoms with E-state index in [-0.39, 0.29) is 10.8 Å². The molecule has 15 heavy (non-hydrogen) atoms. The Balaban J connectivity index is 2.80. The summed E-state index contributed by atoms with van der Waals surface area (Å²) in [7, 11) is 1.44. The number of fused-ring (bicyclic) bond motifs is 1. The lowest BCUT2D eigenvalue weighted by molar-refractivity contribution is 0.415. The Morgan fingerprint density at radius 3 is 2.40 bits per heavy atom. The fourth-order valence-electron chi connectivity index (χ4n) is 1.41. The molecule has 0 heterocycles. The Hall–Kier alpha value is -1.71. The summed E-state index contributed by atoms with van der Waals surface area (Å²) >= 11 is 0. The molecule has 0 saturated carbocycles. The zero-order valence-corrected chi connectivity index (χ0v) is 7.85. The van der Waals surface area contributed by atoms with Crippen LogP contribution in [0.1, 0.15) is 0 Å². The second-order valence-electron chi connectivity index (χ2n) is 3.07. The SMILES string of the molecule is COc1ccc2c(F)c(F)c(F)cc2c1. The Kier molecular flexibility index (Phi) is 2.26. The highest BCUT2D eigenvalue weighted by Gasteiger charge is 2.13. The number of ether oxygens (including phenoxy) is 1. The Bertz CT molecular complexity index is 523. The molecule has 0 fully saturated rings. The first kappa shape index (κ1) is 9.83. The van der Waals surface area contributed by atoms with Crippen LogP contribution in [0.2, 0.25) is 0 Å². The molecule has 0 aromatic heterocycles. The van der Waals surface area contributed by atoms with Crippen LogP contribution < -0.4 is 4.74 Å². The highest BCUT2D eigenvalue weighted by molar-refractivity contribution is 5.84. The molecule has 0 spiro atoms. The quantitative estimate of drug-likeness (QED) is 0.659. The molecule has 0 aliphatic rings. The minimum atomic E-state index is -1.45. The van der Waals surface area contributed by atoms with E-state index in [4.69, 9.17) is 4.74 Å². The minimum Gasteiger partial charge on any atom is -0.497 e. The first-order chi connectivity index (χ1) is 7.13. The maximum absolute atomic E-state index is 13.2. The van der Waals surface area contributed by atoms with E-state index in [2.05, 4.69) is 0 Å². The Labute approximate surface area is 84.1 Å². The highest BCUT2D eigenvalue weighted by atomic mass is 19.2. The summed E-state index contributed by atoms with van der Waals surface area (Å²) in [4.78, 5) is 0. The average molecular weight is 212 g/mol. The van der Waals surface area contributed by atoms with Crippen molar-refractivity contribution < 1.29 is 17.9 Å². The van der Waals surface area contributed by atoms with Gasteiger partial charge < -0.3 is 4.74 Å². The first-order valence-corrected chi connectivity index (χ1v) is 4.24. The van der Waals surface area contributed by atoms with Gasteiger partial charge in [-0.05, 0) is 29.7 Å². The smallest absolute Gasteiger partial charge is 0.195 e. The lowest BCUT2D eigenvalue weighted by atomic mass is 10.1. The zero-order chi connectivity index (χ0) is 11.0. The van der Waals surface area contributed by atoms with E-state index in [1.807, 2.05) is 0 Å². The van der Waals surface area contributed by atoms with E-state index in [1.54, 1.807) is 0 Å². The molecular formula is C11H7F3O. The summed E-state index contributed by atoms with van der Waals surface area (Å²) in [6, 6.07) is 5.23. The molecule has 2 aromatic rings. The van der Waals surface area contributed by atoms with Crippen LogP contribution in [0.4, 0.5) is 13.2 Å². The molecule has 2 aromatic carbocycles. The van der Waals surface area contributed by atoms with Crippen molar-refractivity contribution in [3.05, 3.63) is 41.7 Å². The maximum atomic E-state index is 13.2. The molecular weight excluding hydrogens is 205 g/mol. The zero-order valence-electron chi connectivity index (χ0n) is 7.85. The summed E-state index contributed by atoms with van der Waals surface area (Å²) in [6.07, 6.45) is 0. The van der Waals surface area contributed by atoms with Crippen LogP contribution in [0.15, 0.2) is 24.3 Å². The number of hydrogen-bond donors (Lipinski definition) is 0. The van der Waals surface area contributed by atoms with Gasteiger partial charge in [-0.3, -0.25) is 0 Å². The number of hydrogen-bond acceptors (Lipinski definition) is 1. The van der Waals surface area contributed by atoms with E-state index < -0.39 is 17.5 Å². The van der Waals surface area contributed by atoms with Gasteiger partial charge in [0.1, 0.15) is 5.75 Å². The van der Waals surface area contributed by atoms with Crippen molar-refractivity contribution in [3.8, 4) is 5.75 Å². The fraction of sp³-hybridized carbons (Fsp3) is 0.0909. The standard InChI is InChI=1S/C11H7F3O/c1-15-7-2-3-8-6(4-7)5-9(12)11(14)10(8)13/h2-5H,1H3. The van der Waals surface area contributed by atoms with Crippen LogP contribution in [-0.2, 0) is 0 Å². The van der Waals surface area contributed by atoms with Gasteiger partial charge in [-0.2, -0.15) is 0 Å². The molecule has 0 atom stereocenters.